The van der Waals surface area contributed by atoms with E-state index in [0.29, 0.717) is 12.0 Å². The second-order valence-corrected chi connectivity index (χ2v) is 8.08. The van der Waals surface area contributed by atoms with Gasteiger partial charge in [-0.3, -0.25) is 9.58 Å². The van der Waals surface area contributed by atoms with E-state index in [1.165, 1.54) is 5.69 Å². The second-order valence-electron chi connectivity index (χ2n) is 8.08. The predicted molar refractivity (Wildman–Crippen MR) is 94.4 cm³/mol. The predicted octanol–water partition coefficient (Wildman–Crippen LogP) is 1.91. The van der Waals surface area contributed by atoms with E-state index in [9.17, 15) is 0 Å². The number of ether oxygens (including phenoxy) is 3. The zero-order chi connectivity index (χ0) is 17.3. The van der Waals surface area contributed by atoms with Crippen LogP contribution in [0.2, 0.25) is 0 Å². The van der Waals surface area contributed by atoms with Crippen LogP contribution < -0.4 is 0 Å². The van der Waals surface area contributed by atoms with Crippen LogP contribution in [-0.2, 0) is 27.8 Å². The fraction of sp³-hybridized carbons (Fsp3) is 0.842. The number of rotatable bonds is 5. The van der Waals surface area contributed by atoms with Gasteiger partial charge in [0.05, 0.1) is 23.1 Å². The Balaban J connectivity index is 1.24. The SMILES string of the molecule is Cc1cc(CN2CC3(CC(OCC4CCOCC4)CCO3)C2)n(C)n1. The molecule has 0 N–H and O–H groups in total. The molecule has 25 heavy (non-hydrogen) atoms. The van der Waals surface area contributed by atoms with E-state index in [-0.39, 0.29) is 5.60 Å². The third-order valence-corrected chi connectivity index (χ3v) is 5.86. The molecule has 3 saturated heterocycles. The molecule has 0 radical (unpaired) electrons. The maximum Gasteiger partial charge on any atom is 0.0959 e. The first-order chi connectivity index (χ1) is 12.1. The standard InChI is InChI=1S/C19H31N3O3/c1-15-9-17(21(2)20-15)11-22-13-19(14-22)10-18(5-8-25-19)24-12-16-3-6-23-7-4-16/h9,16,18H,3-8,10-14H2,1-2H3. The second kappa shape index (κ2) is 7.35. The molecule has 1 spiro atoms. The van der Waals surface area contributed by atoms with Crippen LogP contribution in [0.15, 0.2) is 6.07 Å². The fourth-order valence-corrected chi connectivity index (χ4v) is 4.45. The highest BCUT2D eigenvalue weighted by Crippen LogP contribution is 2.36. The summed E-state index contributed by atoms with van der Waals surface area (Å²) in [6.45, 7) is 8.53. The van der Waals surface area contributed by atoms with Gasteiger partial charge in [-0.05, 0) is 38.2 Å². The van der Waals surface area contributed by atoms with E-state index < -0.39 is 0 Å². The van der Waals surface area contributed by atoms with E-state index in [4.69, 9.17) is 14.2 Å². The Hall–Kier alpha value is -0.950. The molecule has 0 amide bonds. The molecule has 1 atom stereocenters. The number of hydrogen-bond acceptors (Lipinski definition) is 5. The van der Waals surface area contributed by atoms with Crippen molar-refractivity contribution in [3.8, 4) is 0 Å². The van der Waals surface area contributed by atoms with Gasteiger partial charge in [-0.25, -0.2) is 0 Å². The van der Waals surface area contributed by atoms with Gasteiger partial charge in [-0.1, -0.05) is 0 Å². The molecule has 1 aromatic heterocycles. The summed E-state index contributed by atoms with van der Waals surface area (Å²) in [6.07, 6.45) is 4.72. The van der Waals surface area contributed by atoms with Crippen molar-refractivity contribution in [2.24, 2.45) is 13.0 Å². The van der Waals surface area contributed by atoms with Crippen molar-refractivity contribution in [3.05, 3.63) is 17.5 Å². The Morgan fingerprint density at radius 3 is 2.76 bits per heavy atom. The van der Waals surface area contributed by atoms with Crippen molar-refractivity contribution in [1.82, 2.24) is 14.7 Å². The normalized spacial score (nSPS) is 27.5. The van der Waals surface area contributed by atoms with Gasteiger partial charge in [0.25, 0.3) is 0 Å². The van der Waals surface area contributed by atoms with Crippen molar-refractivity contribution in [3.63, 3.8) is 0 Å². The van der Waals surface area contributed by atoms with Gasteiger partial charge < -0.3 is 14.2 Å². The lowest BCUT2D eigenvalue weighted by atomic mass is 9.84. The Morgan fingerprint density at radius 2 is 2.04 bits per heavy atom. The highest BCUT2D eigenvalue weighted by molar-refractivity contribution is 5.11. The Labute approximate surface area is 150 Å². The lowest BCUT2D eigenvalue weighted by Crippen LogP contribution is -2.65. The molecular formula is C19H31N3O3. The van der Waals surface area contributed by atoms with E-state index in [2.05, 4.69) is 16.1 Å². The zero-order valence-corrected chi connectivity index (χ0v) is 15.6. The van der Waals surface area contributed by atoms with E-state index in [1.54, 1.807) is 0 Å². The monoisotopic (exact) mass is 349 g/mol. The van der Waals surface area contributed by atoms with Gasteiger partial charge in [0.2, 0.25) is 0 Å². The molecule has 6 heteroatoms. The molecule has 4 heterocycles. The Bertz CT molecular complexity index is 576. The minimum absolute atomic E-state index is 0.0201. The topological polar surface area (TPSA) is 48.8 Å². The number of aryl methyl sites for hydroxylation is 2. The van der Waals surface area contributed by atoms with Crippen molar-refractivity contribution in [2.75, 3.05) is 39.5 Å². The van der Waals surface area contributed by atoms with Gasteiger partial charge in [0.1, 0.15) is 0 Å². The molecule has 1 aromatic rings. The highest BCUT2D eigenvalue weighted by Gasteiger charge is 2.47. The summed E-state index contributed by atoms with van der Waals surface area (Å²) < 4.78 is 19.8. The molecule has 6 nitrogen and oxygen atoms in total. The third-order valence-electron chi connectivity index (χ3n) is 5.86. The van der Waals surface area contributed by atoms with E-state index >= 15 is 0 Å². The quantitative estimate of drug-likeness (QED) is 0.813. The number of hydrogen-bond donors (Lipinski definition) is 0. The minimum Gasteiger partial charge on any atom is -0.381 e. The first kappa shape index (κ1) is 17.5. The van der Waals surface area contributed by atoms with Crippen LogP contribution in [0.25, 0.3) is 0 Å². The van der Waals surface area contributed by atoms with E-state index in [1.807, 2.05) is 18.7 Å². The summed E-state index contributed by atoms with van der Waals surface area (Å²) in [7, 11) is 2.02. The van der Waals surface area contributed by atoms with Crippen molar-refractivity contribution in [1.29, 1.82) is 0 Å². The summed E-state index contributed by atoms with van der Waals surface area (Å²) in [4.78, 5) is 2.46. The maximum atomic E-state index is 6.26. The van der Waals surface area contributed by atoms with Gasteiger partial charge in [-0.2, -0.15) is 5.10 Å². The molecule has 0 aliphatic carbocycles. The van der Waals surface area contributed by atoms with Crippen LogP contribution in [-0.4, -0.2) is 65.9 Å². The van der Waals surface area contributed by atoms with Crippen LogP contribution in [0.4, 0.5) is 0 Å². The molecule has 3 fully saturated rings. The first-order valence-corrected chi connectivity index (χ1v) is 9.67. The lowest BCUT2D eigenvalue weighted by Gasteiger charge is -2.53. The highest BCUT2D eigenvalue weighted by atomic mass is 16.5. The number of aromatic nitrogens is 2. The van der Waals surface area contributed by atoms with Crippen LogP contribution in [0.1, 0.15) is 37.1 Å². The number of nitrogens with zero attached hydrogens (tertiary/aromatic N) is 3. The van der Waals surface area contributed by atoms with E-state index in [0.717, 1.165) is 77.4 Å². The van der Waals surface area contributed by atoms with Gasteiger partial charge in [-0.15, -0.1) is 0 Å². The summed E-state index contributed by atoms with van der Waals surface area (Å²) in [5, 5.41) is 4.44. The Morgan fingerprint density at radius 1 is 1.24 bits per heavy atom. The molecule has 140 valence electrons. The van der Waals surface area contributed by atoms with Crippen molar-refractivity contribution >= 4 is 0 Å². The van der Waals surface area contributed by atoms with Crippen molar-refractivity contribution in [2.45, 2.75) is 50.9 Å². The molecule has 3 aliphatic heterocycles. The summed E-state index contributed by atoms with van der Waals surface area (Å²) in [6, 6.07) is 2.17. The smallest absolute Gasteiger partial charge is 0.0959 e. The molecule has 0 aromatic carbocycles. The van der Waals surface area contributed by atoms with Gasteiger partial charge >= 0.3 is 0 Å². The Kier molecular flexibility index (Phi) is 5.13. The average Bonchev–Trinajstić information content (AvgIpc) is 2.90. The first-order valence-electron chi connectivity index (χ1n) is 9.67. The molecule has 3 aliphatic rings. The van der Waals surface area contributed by atoms with Gasteiger partial charge in [0.15, 0.2) is 0 Å². The van der Waals surface area contributed by atoms with Crippen LogP contribution >= 0.6 is 0 Å². The minimum atomic E-state index is 0.0201. The van der Waals surface area contributed by atoms with Crippen LogP contribution in [0, 0.1) is 12.8 Å². The molecule has 4 rings (SSSR count). The molecule has 0 bridgehead atoms. The third kappa shape index (κ3) is 4.08. The lowest BCUT2D eigenvalue weighted by molar-refractivity contribution is -0.201. The molecular weight excluding hydrogens is 318 g/mol. The fourth-order valence-electron chi connectivity index (χ4n) is 4.45. The summed E-state index contributed by atoms with van der Waals surface area (Å²) in [5.41, 5.74) is 2.38. The van der Waals surface area contributed by atoms with Gasteiger partial charge in [0, 0.05) is 59.5 Å². The van der Waals surface area contributed by atoms with Crippen LogP contribution in [0.5, 0.6) is 0 Å². The maximum absolute atomic E-state index is 6.26. The number of likely N-dealkylation sites (tertiary alicyclic amines) is 1. The zero-order valence-electron chi connectivity index (χ0n) is 15.6. The largest absolute Gasteiger partial charge is 0.381 e. The molecule has 0 saturated carbocycles. The molecule has 1 unspecified atom stereocenters. The average molecular weight is 349 g/mol. The van der Waals surface area contributed by atoms with Crippen molar-refractivity contribution < 1.29 is 14.2 Å². The summed E-state index contributed by atoms with van der Waals surface area (Å²) >= 11 is 0. The summed E-state index contributed by atoms with van der Waals surface area (Å²) in [5.74, 6) is 0.679. The van der Waals surface area contributed by atoms with Crippen LogP contribution in [0.3, 0.4) is 0 Å².